The molecule has 90 valence electrons. The number of hydrogen-bond donors (Lipinski definition) is 1. The molecule has 0 aliphatic heterocycles. The van der Waals surface area contributed by atoms with Crippen LogP contribution in [0.3, 0.4) is 0 Å². The van der Waals surface area contributed by atoms with E-state index in [-0.39, 0.29) is 11.1 Å². The number of carboxylic acids is 1. The van der Waals surface area contributed by atoms with Gasteiger partial charge < -0.3 is 9.84 Å². The normalized spacial score (nSPS) is 10.8. The number of aryl methyl sites for hydroxylation is 1. The number of carboxylic acid groups (broad SMARTS) is 1. The second-order valence-electron chi connectivity index (χ2n) is 3.13. The minimum absolute atomic E-state index is 0.0167. The number of ether oxygens (including phenoxy) is 1. The molecule has 17 heavy (non-hydrogen) atoms. The second-order valence-corrected chi connectivity index (χ2v) is 3.13. The first-order valence-electron chi connectivity index (χ1n) is 4.28. The number of halogens is 3. The van der Waals surface area contributed by atoms with E-state index in [9.17, 15) is 18.0 Å². The van der Waals surface area contributed by atoms with Crippen molar-refractivity contribution in [3.8, 4) is 11.8 Å². The Morgan fingerprint density at radius 2 is 2.06 bits per heavy atom. The quantitative estimate of drug-likeness (QED) is 0.868. The summed E-state index contributed by atoms with van der Waals surface area (Å²) in [4.78, 5) is 10.7. The van der Waals surface area contributed by atoms with Gasteiger partial charge in [0.15, 0.2) is 0 Å². The average molecular weight is 245 g/mol. The van der Waals surface area contributed by atoms with Gasteiger partial charge in [0, 0.05) is 0 Å². The molecule has 0 atom stereocenters. The predicted molar refractivity (Wildman–Crippen MR) is 49.5 cm³/mol. The zero-order valence-corrected chi connectivity index (χ0v) is 8.50. The molecule has 4 nitrogen and oxygen atoms in total. The molecule has 0 saturated heterocycles. The highest BCUT2D eigenvalue weighted by Gasteiger charge is 2.33. The lowest BCUT2D eigenvalue weighted by Crippen LogP contribution is -2.19. The third-order valence-corrected chi connectivity index (χ3v) is 1.90. The van der Waals surface area contributed by atoms with Crippen molar-refractivity contribution in [2.45, 2.75) is 13.3 Å². The molecule has 0 amide bonds. The van der Waals surface area contributed by atoms with Crippen molar-refractivity contribution in [2.75, 3.05) is 0 Å². The number of rotatable bonds is 2. The third-order valence-electron chi connectivity index (χ3n) is 1.90. The van der Waals surface area contributed by atoms with Gasteiger partial charge in [0.25, 0.3) is 0 Å². The Kier molecular flexibility index (Phi) is 3.27. The van der Waals surface area contributed by atoms with Gasteiger partial charge in [-0.15, -0.1) is 13.2 Å². The van der Waals surface area contributed by atoms with Crippen molar-refractivity contribution in [1.29, 1.82) is 5.26 Å². The maximum absolute atomic E-state index is 12.0. The van der Waals surface area contributed by atoms with E-state index in [2.05, 4.69) is 4.74 Å². The monoisotopic (exact) mass is 245 g/mol. The highest BCUT2D eigenvalue weighted by Crippen LogP contribution is 2.29. The Morgan fingerprint density at radius 1 is 1.47 bits per heavy atom. The molecule has 0 fully saturated rings. The Labute approximate surface area is 93.8 Å². The van der Waals surface area contributed by atoms with Crippen LogP contribution in [0.25, 0.3) is 0 Å². The number of carbonyl (C=O) groups is 1. The van der Waals surface area contributed by atoms with Crippen molar-refractivity contribution in [2.24, 2.45) is 0 Å². The first-order valence-corrected chi connectivity index (χ1v) is 4.28. The first kappa shape index (κ1) is 12.8. The molecule has 0 spiro atoms. The van der Waals surface area contributed by atoms with Gasteiger partial charge in [-0.1, -0.05) is 0 Å². The second kappa shape index (κ2) is 4.33. The van der Waals surface area contributed by atoms with E-state index in [1.165, 1.54) is 6.92 Å². The van der Waals surface area contributed by atoms with Gasteiger partial charge in [0.2, 0.25) is 0 Å². The fourth-order valence-corrected chi connectivity index (χ4v) is 1.18. The lowest BCUT2D eigenvalue weighted by atomic mass is 10.0. The topological polar surface area (TPSA) is 70.3 Å². The third kappa shape index (κ3) is 3.11. The molecule has 0 heterocycles. The maximum atomic E-state index is 12.0. The fraction of sp³-hybridized carbons (Fsp3) is 0.200. The van der Waals surface area contributed by atoms with Crippen molar-refractivity contribution >= 4 is 5.97 Å². The zero-order chi connectivity index (χ0) is 13.2. The Hall–Kier alpha value is -2.23. The van der Waals surface area contributed by atoms with Crippen LogP contribution < -0.4 is 4.74 Å². The van der Waals surface area contributed by atoms with Gasteiger partial charge in [-0.3, -0.25) is 0 Å². The first-order chi connectivity index (χ1) is 7.74. The van der Waals surface area contributed by atoms with E-state index in [1.54, 1.807) is 6.07 Å². The Balaban J connectivity index is 3.34. The summed E-state index contributed by atoms with van der Waals surface area (Å²) in [7, 11) is 0. The number of nitrogens with zero attached hydrogens (tertiary/aromatic N) is 1. The van der Waals surface area contributed by atoms with Crippen LogP contribution in [-0.2, 0) is 0 Å². The summed E-state index contributed by atoms with van der Waals surface area (Å²) in [6.45, 7) is 1.38. The van der Waals surface area contributed by atoms with Crippen LogP contribution >= 0.6 is 0 Å². The molecule has 0 saturated carbocycles. The van der Waals surface area contributed by atoms with Crippen LogP contribution in [0.2, 0.25) is 0 Å². The van der Waals surface area contributed by atoms with Crippen LogP contribution in [0.1, 0.15) is 21.5 Å². The molecular weight excluding hydrogens is 239 g/mol. The number of benzene rings is 1. The van der Waals surface area contributed by atoms with Gasteiger partial charge in [0.1, 0.15) is 11.3 Å². The van der Waals surface area contributed by atoms with E-state index in [0.29, 0.717) is 0 Å². The number of hydrogen-bond acceptors (Lipinski definition) is 3. The predicted octanol–water partition coefficient (Wildman–Crippen LogP) is 2.46. The highest BCUT2D eigenvalue weighted by atomic mass is 19.4. The van der Waals surface area contributed by atoms with Crippen molar-refractivity contribution in [3.05, 3.63) is 28.8 Å². The number of nitriles is 1. The number of alkyl halides is 3. The standard InChI is InChI=1S/C10H6F3NO3/c1-5-2-8(17-10(11,12)13)7(9(15)16)3-6(5)4-14/h2-3H,1H3,(H,15,16). The molecule has 0 bridgehead atoms. The molecule has 1 aromatic carbocycles. The summed E-state index contributed by atoms with van der Waals surface area (Å²) >= 11 is 0. The van der Waals surface area contributed by atoms with Crippen molar-refractivity contribution in [1.82, 2.24) is 0 Å². The fourth-order valence-electron chi connectivity index (χ4n) is 1.18. The van der Waals surface area contributed by atoms with Gasteiger partial charge in [-0.25, -0.2) is 4.79 Å². The van der Waals surface area contributed by atoms with E-state index in [1.807, 2.05) is 0 Å². The summed E-state index contributed by atoms with van der Waals surface area (Å²) in [5.41, 5.74) is -0.516. The molecule has 0 unspecified atom stereocenters. The van der Waals surface area contributed by atoms with E-state index in [4.69, 9.17) is 10.4 Å². The van der Waals surface area contributed by atoms with Crippen LogP contribution in [0.4, 0.5) is 13.2 Å². The molecule has 7 heteroatoms. The molecule has 0 aromatic heterocycles. The van der Waals surface area contributed by atoms with Crippen LogP contribution in [-0.4, -0.2) is 17.4 Å². The van der Waals surface area contributed by atoms with Crippen LogP contribution in [0.5, 0.6) is 5.75 Å². The largest absolute Gasteiger partial charge is 0.573 e. The lowest BCUT2D eigenvalue weighted by molar-refractivity contribution is -0.274. The molecular formula is C10H6F3NO3. The minimum Gasteiger partial charge on any atom is -0.478 e. The highest BCUT2D eigenvalue weighted by molar-refractivity contribution is 5.91. The Bertz CT molecular complexity index is 503. The van der Waals surface area contributed by atoms with E-state index < -0.39 is 23.6 Å². The number of aromatic carboxylic acids is 1. The lowest BCUT2D eigenvalue weighted by Gasteiger charge is -2.12. The van der Waals surface area contributed by atoms with Crippen molar-refractivity contribution < 1.29 is 27.8 Å². The molecule has 0 radical (unpaired) electrons. The summed E-state index contributed by atoms with van der Waals surface area (Å²) < 4.78 is 39.6. The Morgan fingerprint density at radius 3 is 2.47 bits per heavy atom. The molecule has 0 aliphatic rings. The average Bonchev–Trinajstić information content (AvgIpc) is 2.14. The zero-order valence-electron chi connectivity index (χ0n) is 8.50. The van der Waals surface area contributed by atoms with Crippen LogP contribution in [0, 0.1) is 18.3 Å². The molecule has 1 aromatic rings. The summed E-state index contributed by atoms with van der Waals surface area (Å²) in [6.07, 6.45) is -4.98. The van der Waals surface area contributed by atoms with Crippen molar-refractivity contribution in [3.63, 3.8) is 0 Å². The van der Waals surface area contributed by atoms with Gasteiger partial charge >= 0.3 is 12.3 Å². The molecule has 1 rings (SSSR count). The van der Waals surface area contributed by atoms with Gasteiger partial charge in [-0.05, 0) is 24.6 Å². The summed E-state index contributed by atoms with van der Waals surface area (Å²) in [5, 5.41) is 17.4. The van der Waals surface area contributed by atoms with Gasteiger partial charge in [0.05, 0.1) is 11.6 Å². The molecule has 1 N–H and O–H groups in total. The smallest absolute Gasteiger partial charge is 0.478 e. The van der Waals surface area contributed by atoms with E-state index >= 15 is 0 Å². The van der Waals surface area contributed by atoms with Crippen LogP contribution in [0.15, 0.2) is 12.1 Å². The summed E-state index contributed by atoms with van der Waals surface area (Å²) in [5.74, 6) is -2.43. The van der Waals surface area contributed by atoms with E-state index in [0.717, 1.165) is 12.1 Å². The SMILES string of the molecule is Cc1cc(OC(F)(F)F)c(C(=O)O)cc1C#N. The molecule has 0 aliphatic carbocycles. The summed E-state index contributed by atoms with van der Waals surface area (Å²) in [6, 6.07) is 3.40. The maximum Gasteiger partial charge on any atom is 0.573 e. The minimum atomic E-state index is -4.98. The van der Waals surface area contributed by atoms with Gasteiger partial charge in [-0.2, -0.15) is 5.26 Å².